The lowest BCUT2D eigenvalue weighted by Crippen LogP contribution is -2.38. The molecule has 0 saturated carbocycles. The van der Waals surface area contributed by atoms with E-state index in [4.69, 9.17) is 4.74 Å². The lowest BCUT2D eigenvalue weighted by molar-refractivity contribution is -0.148. The molecule has 0 radical (unpaired) electrons. The van der Waals surface area contributed by atoms with E-state index in [-0.39, 0.29) is 5.92 Å². The van der Waals surface area contributed by atoms with E-state index in [1.807, 2.05) is 12.2 Å². The summed E-state index contributed by atoms with van der Waals surface area (Å²) in [6.45, 7) is 7.20. The Balaban J connectivity index is 2.57. The molecule has 2 atom stereocenters. The fraction of sp³-hybridized carbons (Fsp3) is 0.750. The maximum atomic E-state index is 12.0. The highest BCUT2D eigenvalue weighted by molar-refractivity contribution is 5.78. The second-order valence-corrected chi connectivity index (χ2v) is 7.26. The Morgan fingerprint density at radius 3 is 2.61 bits per heavy atom. The molecule has 1 rings (SSSR count). The number of unbranched alkanes of at least 4 members (excludes halogenated alkanes) is 3. The van der Waals surface area contributed by atoms with Gasteiger partial charge in [-0.05, 0) is 24.7 Å². The summed E-state index contributed by atoms with van der Waals surface area (Å²) >= 11 is 0. The van der Waals surface area contributed by atoms with Gasteiger partial charge in [0.25, 0.3) is 0 Å². The van der Waals surface area contributed by atoms with E-state index >= 15 is 0 Å². The molecule has 0 amide bonds. The smallest absolute Gasteiger partial charge is 0.314 e. The van der Waals surface area contributed by atoms with E-state index in [9.17, 15) is 9.90 Å². The van der Waals surface area contributed by atoms with Gasteiger partial charge >= 0.3 is 5.97 Å². The Kier molecular flexibility index (Phi) is 8.60. The average molecular weight is 322 g/mol. The normalized spacial score (nSPS) is 24.0. The third-order valence-electron chi connectivity index (χ3n) is 5.15. The van der Waals surface area contributed by atoms with Crippen molar-refractivity contribution in [3.63, 3.8) is 0 Å². The van der Waals surface area contributed by atoms with E-state index in [0.29, 0.717) is 6.61 Å². The molecule has 1 aliphatic carbocycles. The first-order valence-corrected chi connectivity index (χ1v) is 9.04. The molecule has 23 heavy (non-hydrogen) atoms. The van der Waals surface area contributed by atoms with Gasteiger partial charge in [-0.15, -0.1) is 0 Å². The van der Waals surface area contributed by atoms with Crippen LogP contribution in [0.3, 0.4) is 0 Å². The Morgan fingerprint density at radius 2 is 2.00 bits per heavy atom. The Bertz CT molecular complexity index is 423. The Morgan fingerprint density at radius 1 is 1.30 bits per heavy atom. The van der Waals surface area contributed by atoms with Gasteiger partial charge in [-0.25, -0.2) is 0 Å². The van der Waals surface area contributed by atoms with Gasteiger partial charge in [-0.1, -0.05) is 76.7 Å². The topological polar surface area (TPSA) is 46.5 Å². The fourth-order valence-electron chi connectivity index (χ4n) is 3.47. The van der Waals surface area contributed by atoms with E-state index < -0.39 is 11.4 Å². The van der Waals surface area contributed by atoms with Crippen molar-refractivity contribution in [2.75, 3.05) is 13.7 Å². The van der Waals surface area contributed by atoms with Crippen LogP contribution in [0.5, 0.6) is 0 Å². The summed E-state index contributed by atoms with van der Waals surface area (Å²) in [5.41, 5.74) is 0.451. The highest BCUT2D eigenvalue weighted by atomic mass is 16.5. The second-order valence-electron chi connectivity index (χ2n) is 7.26. The van der Waals surface area contributed by atoms with Crippen LogP contribution in [0.4, 0.5) is 0 Å². The Labute approximate surface area is 141 Å². The lowest BCUT2D eigenvalue weighted by Gasteiger charge is -2.36. The van der Waals surface area contributed by atoms with Crippen molar-refractivity contribution < 1.29 is 14.6 Å². The summed E-state index contributed by atoms with van der Waals surface area (Å²) in [4.78, 5) is 12.0. The number of allylic oxidation sites excluding steroid dienone is 2. The minimum atomic E-state index is -0.740. The third kappa shape index (κ3) is 5.80. The first-order chi connectivity index (χ1) is 10.9. The van der Waals surface area contributed by atoms with Gasteiger partial charge in [0.2, 0.25) is 0 Å². The van der Waals surface area contributed by atoms with Gasteiger partial charge in [-0.2, -0.15) is 0 Å². The van der Waals surface area contributed by atoms with E-state index in [0.717, 1.165) is 31.6 Å². The fourth-order valence-corrected chi connectivity index (χ4v) is 3.47. The minimum absolute atomic E-state index is 0.0378. The SMILES string of the molecule is COCCC1=CC=CC(CCCCCCC(C)C)(C(=O)O)C1C. The van der Waals surface area contributed by atoms with E-state index in [1.54, 1.807) is 7.11 Å². The van der Waals surface area contributed by atoms with Crippen LogP contribution in [0.2, 0.25) is 0 Å². The van der Waals surface area contributed by atoms with Crippen molar-refractivity contribution in [2.45, 2.75) is 65.7 Å². The molecular weight excluding hydrogens is 288 g/mol. The van der Waals surface area contributed by atoms with Crippen molar-refractivity contribution in [1.82, 2.24) is 0 Å². The molecule has 132 valence electrons. The second kappa shape index (κ2) is 9.92. The minimum Gasteiger partial charge on any atom is -0.481 e. The van der Waals surface area contributed by atoms with Crippen LogP contribution >= 0.6 is 0 Å². The van der Waals surface area contributed by atoms with Crippen LogP contribution < -0.4 is 0 Å². The zero-order valence-electron chi connectivity index (χ0n) is 15.3. The third-order valence-corrected chi connectivity index (χ3v) is 5.15. The molecule has 0 aromatic heterocycles. The van der Waals surface area contributed by atoms with Gasteiger partial charge in [0.05, 0.1) is 5.41 Å². The van der Waals surface area contributed by atoms with Crippen LogP contribution in [-0.2, 0) is 9.53 Å². The number of rotatable bonds is 11. The molecule has 0 fully saturated rings. The molecule has 0 spiro atoms. The van der Waals surface area contributed by atoms with Gasteiger partial charge in [0, 0.05) is 13.7 Å². The van der Waals surface area contributed by atoms with Gasteiger partial charge in [0.15, 0.2) is 0 Å². The molecule has 1 aliphatic rings. The van der Waals surface area contributed by atoms with Crippen LogP contribution in [0.15, 0.2) is 23.8 Å². The van der Waals surface area contributed by atoms with Crippen molar-refractivity contribution >= 4 is 5.97 Å². The summed E-state index contributed by atoms with van der Waals surface area (Å²) in [6.07, 6.45) is 13.3. The number of aliphatic carboxylic acids is 1. The highest BCUT2D eigenvalue weighted by Gasteiger charge is 2.43. The lowest BCUT2D eigenvalue weighted by atomic mass is 9.66. The number of ether oxygens (including phenoxy) is 1. The molecular formula is C20H34O3. The molecule has 0 heterocycles. The summed E-state index contributed by atoms with van der Waals surface area (Å²) < 4.78 is 5.15. The quantitative estimate of drug-likeness (QED) is 0.530. The largest absolute Gasteiger partial charge is 0.481 e. The van der Waals surface area contributed by atoms with Crippen molar-refractivity contribution in [2.24, 2.45) is 17.3 Å². The van der Waals surface area contributed by atoms with Crippen molar-refractivity contribution in [1.29, 1.82) is 0 Å². The summed E-state index contributed by atoms with van der Waals surface area (Å²) in [7, 11) is 1.69. The van der Waals surface area contributed by atoms with Crippen molar-refractivity contribution in [3.8, 4) is 0 Å². The number of hydrogen-bond donors (Lipinski definition) is 1. The van der Waals surface area contributed by atoms with Gasteiger partial charge in [-0.3, -0.25) is 4.79 Å². The molecule has 0 saturated heterocycles. The predicted molar refractivity (Wildman–Crippen MR) is 95.5 cm³/mol. The maximum Gasteiger partial charge on any atom is 0.314 e. The first-order valence-electron chi connectivity index (χ1n) is 9.04. The zero-order chi connectivity index (χ0) is 17.3. The van der Waals surface area contributed by atoms with Crippen LogP contribution in [-0.4, -0.2) is 24.8 Å². The zero-order valence-corrected chi connectivity index (χ0v) is 15.3. The Hall–Kier alpha value is -1.09. The highest BCUT2D eigenvalue weighted by Crippen LogP contribution is 2.43. The molecule has 3 nitrogen and oxygen atoms in total. The van der Waals surface area contributed by atoms with Crippen molar-refractivity contribution in [3.05, 3.63) is 23.8 Å². The predicted octanol–water partition coefficient (Wildman–Crippen LogP) is 5.22. The van der Waals surface area contributed by atoms with Gasteiger partial charge < -0.3 is 9.84 Å². The molecule has 1 N–H and O–H groups in total. The molecule has 0 aromatic carbocycles. The van der Waals surface area contributed by atoms with E-state index in [1.165, 1.54) is 24.8 Å². The van der Waals surface area contributed by atoms with Crippen LogP contribution in [0.1, 0.15) is 65.7 Å². The number of carbonyl (C=O) groups is 1. The standard InChI is InChI=1S/C20H34O3/c1-16(2)10-7-5-6-8-13-20(19(21)22)14-9-11-18(17(20)3)12-15-23-4/h9,11,14,16-17H,5-8,10,12-13,15H2,1-4H3,(H,21,22). The maximum absolute atomic E-state index is 12.0. The summed E-state index contributed by atoms with van der Waals surface area (Å²) in [5, 5.41) is 9.87. The average Bonchev–Trinajstić information content (AvgIpc) is 2.50. The molecule has 0 aromatic rings. The number of methoxy groups -OCH3 is 1. The number of carboxylic acid groups (broad SMARTS) is 1. The van der Waals surface area contributed by atoms with Gasteiger partial charge in [0.1, 0.15) is 0 Å². The van der Waals surface area contributed by atoms with Crippen LogP contribution in [0.25, 0.3) is 0 Å². The van der Waals surface area contributed by atoms with Crippen LogP contribution in [0, 0.1) is 17.3 Å². The molecule has 0 aliphatic heterocycles. The first kappa shape index (κ1) is 20.0. The molecule has 0 bridgehead atoms. The number of carboxylic acids is 1. The number of hydrogen-bond acceptors (Lipinski definition) is 2. The summed E-state index contributed by atoms with van der Waals surface area (Å²) in [5.74, 6) is 0.109. The summed E-state index contributed by atoms with van der Waals surface area (Å²) in [6, 6.07) is 0. The molecule has 3 heteroatoms. The van der Waals surface area contributed by atoms with E-state index in [2.05, 4.69) is 26.8 Å². The monoisotopic (exact) mass is 322 g/mol. The molecule has 2 unspecified atom stereocenters.